The van der Waals surface area contributed by atoms with Gasteiger partial charge in [-0.2, -0.15) is 0 Å². The number of nitrogens with one attached hydrogen (secondary N) is 1. The van der Waals surface area contributed by atoms with Crippen LogP contribution in [0.5, 0.6) is 0 Å². The molecule has 3 aromatic rings. The minimum Gasteiger partial charge on any atom is -0.374 e. The van der Waals surface area contributed by atoms with E-state index >= 15 is 0 Å². The Morgan fingerprint density at radius 1 is 1.26 bits per heavy atom. The Labute approximate surface area is 191 Å². The summed E-state index contributed by atoms with van der Waals surface area (Å²) in [5.74, 6) is 0.594. The predicted octanol–water partition coefficient (Wildman–Crippen LogP) is 4.89. The first-order valence-corrected chi connectivity index (χ1v) is 12.0. The number of rotatable bonds is 6. The molecule has 1 aliphatic heterocycles. The van der Waals surface area contributed by atoms with Crippen molar-refractivity contribution in [3.63, 3.8) is 0 Å². The van der Waals surface area contributed by atoms with Crippen molar-refractivity contribution in [2.45, 2.75) is 37.3 Å². The molecule has 0 radical (unpaired) electrons. The first-order valence-electron chi connectivity index (χ1n) is 10.3. The van der Waals surface area contributed by atoms with Crippen molar-refractivity contribution in [2.75, 3.05) is 30.8 Å². The first kappa shape index (κ1) is 23.4. The zero-order chi connectivity index (χ0) is 22.2. The maximum atomic E-state index is 13.4. The number of hydrogen-bond acceptors (Lipinski definition) is 5. The molecule has 9 heteroatoms. The molecule has 3 heterocycles. The zero-order valence-corrected chi connectivity index (χ0v) is 19.4. The van der Waals surface area contributed by atoms with Crippen LogP contribution in [0.3, 0.4) is 0 Å². The number of hydrogen-bond donors (Lipinski definition) is 1. The van der Waals surface area contributed by atoms with E-state index in [-0.39, 0.29) is 5.82 Å². The third-order valence-electron chi connectivity index (χ3n) is 4.90. The lowest BCUT2D eigenvalue weighted by Gasteiger charge is -2.16. The quantitative estimate of drug-likeness (QED) is 0.319. The number of aromatic nitrogens is 3. The Morgan fingerprint density at radius 2 is 2.03 bits per heavy atom. The van der Waals surface area contributed by atoms with E-state index in [0.717, 1.165) is 41.4 Å². The molecule has 4 rings (SSSR count). The Kier molecular flexibility index (Phi) is 8.60. The molecular formula is C22H27F2N5S2. The van der Waals surface area contributed by atoms with Crippen molar-refractivity contribution in [1.82, 2.24) is 19.9 Å². The van der Waals surface area contributed by atoms with Gasteiger partial charge in [-0.3, -0.25) is 0 Å². The summed E-state index contributed by atoms with van der Waals surface area (Å²) in [6.45, 7) is 4.09. The molecule has 31 heavy (non-hydrogen) atoms. The van der Waals surface area contributed by atoms with Gasteiger partial charge in [0.1, 0.15) is 28.5 Å². The highest BCUT2D eigenvalue weighted by atomic mass is 32.2. The lowest BCUT2D eigenvalue weighted by atomic mass is 10.3. The van der Waals surface area contributed by atoms with Gasteiger partial charge in [0.05, 0.1) is 12.7 Å². The third kappa shape index (κ3) is 6.36. The third-order valence-corrected chi connectivity index (χ3v) is 6.00. The smallest absolute Gasteiger partial charge is 0.154 e. The Hall–Kier alpha value is -2.26. The van der Waals surface area contributed by atoms with E-state index in [1.807, 2.05) is 23.3 Å². The van der Waals surface area contributed by atoms with E-state index in [2.05, 4.69) is 22.3 Å². The second-order valence-corrected chi connectivity index (χ2v) is 8.49. The molecule has 0 saturated carbocycles. The second-order valence-electron chi connectivity index (χ2n) is 7.20. The summed E-state index contributed by atoms with van der Waals surface area (Å²) < 4.78 is 27.3. The molecule has 2 aromatic heterocycles. The lowest BCUT2D eigenvalue weighted by Crippen LogP contribution is -2.26. The summed E-state index contributed by atoms with van der Waals surface area (Å²) in [5.41, 5.74) is 1.52. The fourth-order valence-electron chi connectivity index (χ4n) is 3.15. The SMILES string of the molecule is CCCCNC(=S)c1cnc2ccc(N3CCC(F)C3)nn12.CSc1ccc(F)cc1. The molecule has 0 aliphatic carbocycles. The molecule has 1 atom stereocenters. The summed E-state index contributed by atoms with van der Waals surface area (Å²) in [4.78, 5) is 8.03. The number of thiocarbonyl (C=S) groups is 1. The summed E-state index contributed by atoms with van der Waals surface area (Å²) in [6, 6.07) is 10.2. The molecule has 0 spiro atoms. The summed E-state index contributed by atoms with van der Waals surface area (Å²) in [5, 5.41) is 7.82. The number of benzene rings is 1. The number of thioether (sulfide) groups is 1. The van der Waals surface area contributed by atoms with Crippen LogP contribution >= 0.6 is 24.0 Å². The number of nitrogens with zero attached hydrogens (tertiary/aromatic N) is 4. The van der Waals surface area contributed by atoms with Gasteiger partial charge < -0.3 is 10.2 Å². The molecular weight excluding hydrogens is 436 g/mol. The van der Waals surface area contributed by atoms with Crippen LogP contribution in [-0.4, -0.2) is 51.6 Å². The van der Waals surface area contributed by atoms with E-state index in [1.165, 1.54) is 12.1 Å². The topological polar surface area (TPSA) is 45.5 Å². The lowest BCUT2D eigenvalue weighted by molar-refractivity contribution is 0.364. The average molecular weight is 464 g/mol. The minimum absolute atomic E-state index is 0.173. The van der Waals surface area contributed by atoms with E-state index in [0.29, 0.717) is 24.5 Å². The highest BCUT2D eigenvalue weighted by Gasteiger charge is 2.23. The number of alkyl halides is 1. The maximum Gasteiger partial charge on any atom is 0.154 e. The number of fused-ring (bicyclic) bond motifs is 1. The second kappa shape index (κ2) is 11.4. The van der Waals surface area contributed by atoms with Crippen LogP contribution in [0.25, 0.3) is 5.65 Å². The van der Waals surface area contributed by atoms with Crippen LogP contribution in [-0.2, 0) is 0 Å². The fourth-order valence-corrected chi connectivity index (χ4v) is 3.80. The molecule has 1 aliphatic rings. The fraction of sp³-hybridized carbons (Fsp3) is 0.409. The molecule has 1 N–H and O–H groups in total. The van der Waals surface area contributed by atoms with Crippen molar-refractivity contribution in [2.24, 2.45) is 0 Å². The van der Waals surface area contributed by atoms with E-state index in [4.69, 9.17) is 12.2 Å². The van der Waals surface area contributed by atoms with Crippen LogP contribution < -0.4 is 10.2 Å². The Morgan fingerprint density at radius 3 is 2.68 bits per heavy atom. The molecule has 1 unspecified atom stereocenters. The standard InChI is InChI=1S/C15H20FN5S.C7H7FS/c1-2-3-7-17-15(22)12-9-18-13-4-5-14(19-21(12)13)20-8-6-11(16)10-20;1-9-7-4-2-6(8)3-5-7/h4-5,9,11H,2-3,6-8,10H2,1H3,(H,17,22);2-5H,1H3. The summed E-state index contributed by atoms with van der Waals surface area (Å²) in [6.07, 6.45) is 5.68. The van der Waals surface area contributed by atoms with Crippen LogP contribution in [0.2, 0.25) is 0 Å². The predicted molar refractivity (Wildman–Crippen MR) is 128 cm³/mol. The van der Waals surface area contributed by atoms with Crippen molar-refractivity contribution < 1.29 is 8.78 Å². The average Bonchev–Trinajstić information content (AvgIpc) is 3.40. The van der Waals surface area contributed by atoms with Crippen molar-refractivity contribution in [1.29, 1.82) is 0 Å². The normalized spacial score (nSPS) is 15.6. The van der Waals surface area contributed by atoms with Crippen molar-refractivity contribution in [3.05, 3.63) is 54.1 Å². The molecule has 1 saturated heterocycles. The number of imidazole rings is 1. The Balaban J connectivity index is 0.000000254. The van der Waals surface area contributed by atoms with Gasteiger partial charge in [-0.25, -0.2) is 18.3 Å². The van der Waals surface area contributed by atoms with Gasteiger partial charge in [-0.05, 0) is 55.5 Å². The van der Waals surface area contributed by atoms with Crippen molar-refractivity contribution >= 4 is 40.4 Å². The number of halogens is 2. The van der Waals surface area contributed by atoms with Gasteiger partial charge >= 0.3 is 0 Å². The van der Waals surface area contributed by atoms with Gasteiger partial charge in [0.15, 0.2) is 5.65 Å². The molecule has 0 bridgehead atoms. The van der Waals surface area contributed by atoms with Crippen LogP contribution in [0.1, 0.15) is 31.9 Å². The van der Waals surface area contributed by atoms with E-state index in [1.54, 1.807) is 34.6 Å². The van der Waals surface area contributed by atoms with Gasteiger partial charge in [0.2, 0.25) is 0 Å². The minimum atomic E-state index is -0.767. The van der Waals surface area contributed by atoms with Gasteiger partial charge in [-0.15, -0.1) is 16.9 Å². The van der Waals surface area contributed by atoms with Gasteiger partial charge in [-0.1, -0.05) is 25.6 Å². The monoisotopic (exact) mass is 463 g/mol. The van der Waals surface area contributed by atoms with Crippen LogP contribution in [0.15, 0.2) is 47.5 Å². The highest BCUT2D eigenvalue weighted by Crippen LogP contribution is 2.20. The number of unbranched alkanes of at least 4 members (excludes halogenated alkanes) is 1. The zero-order valence-electron chi connectivity index (χ0n) is 17.7. The molecule has 1 fully saturated rings. The van der Waals surface area contributed by atoms with Crippen LogP contribution in [0, 0.1) is 5.82 Å². The maximum absolute atomic E-state index is 13.4. The van der Waals surface area contributed by atoms with Gasteiger partial charge in [0.25, 0.3) is 0 Å². The molecule has 1 aromatic carbocycles. The first-order chi connectivity index (χ1) is 15.0. The molecule has 0 amide bonds. The van der Waals surface area contributed by atoms with E-state index in [9.17, 15) is 8.78 Å². The van der Waals surface area contributed by atoms with Crippen LogP contribution in [0.4, 0.5) is 14.6 Å². The van der Waals surface area contributed by atoms with Gasteiger partial charge in [0, 0.05) is 18.0 Å². The highest BCUT2D eigenvalue weighted by molar-refractivity contribution is 7.98. The molecule has 5 nitrogen and oxygen atoms in total. The van der Waals surface area contributed by atoms with E-state index < -0.39 is 6.17 Å². The van der Waals surface area contributed by atoms with Crippen molar-refractivity contribution in [3.8, 4) is 0 Å². The largest absolute Gasteiger partial charge is 0.374 e. The number of anilines is 1. The summed E-state index contributed by atoms with van der Waals surface area (Å²) >= 11 is 7.04. The molecule has 166 valence electrons. The summed E-state index contributed by atoms with van der Waals surface area (Å²) in [7, 11) is 0. The Bertz CT molecular complexity index is 993.